The molecule has 1 saturated carbocycles. The maximum atomic E-state index is 14.5. The molecular weight excluding hydrogens is 521 g/mol. The molecule has 0 radical (unpaired) electrons. The zero-order valence-corrected chi connectivity index (χ0v) is 23.4. The highest BCUT2D eigenvalue weighted by Gasteiger charge is 2.27. The molecule has 0 unspecified atom stereocenters. The highest BCUT2D eigenvalue weighted by atomic mass is 32.2. The fraction of sp³-hybridized carbons (Fsp3) is 0.414. The number of benzene rings is 1. The van der Waals surface area contributed by atoms with Gasteiger partial charge in [-0.1, -0.05) is 26.8 Å². The molecule has 1 N–H and O–H groups in total. The van der Waals surface area contributed by atoms with Gasteiger partial charge in [-0.15, -0.1) is 0 Å². The van der Waals surface area contributed by atoms with Gasteiger partial charge in [0.2, 0.25) is 5.88 Å². The third-order valence-corrected chi connectivity index (χ3v) is 7.69. The number of carbonyl (C=O) groups excluding carboxylic acids is 1. The summed E-state index contributed by atoms with van der Waals surface area (Å²) in [6.07, 6.45) is 3.34. The Hall–Kier alpha value is -3.53. The molecule has 1 aliphatic rings. The zero-order valence-electron chi connectivity index (χ0n) is 22.6. The normalized spacial score (nSPS) is 17.6. The van der Waals surface area contributed by atoms with Crippen LogP contribution >= 0.6 is 0 Å². The molecule has 0 atom stereocenters. The van der Waals surface area contributed by atoms with Gasteiger partial charge in [-0.25, -0.2) is 19.1 Å². The number of nitrogens with zero attached hydrogens (tertiary/aromatic N) is 2. The lowest BCUT2D eigenvalue weighted by Crippen LogP contribution is -2.32. The lowest BCUT2D eigenvalue weighted by Gasteiger charge is -2.27. The van der Waals surface area contributed by atoms with Crippen LogP contribution in [0.2, 0.25) is 0 Å². The summed E-state index contributed by atoms with van der Waals surface area (Å²) < 4.78 is 54.2. The second-order valence-electron chi connectivity index (χ2n) is 10.5. The van der Waals surface area contributed by atoms with Gasteiger partial charge in [0.15, 0.2) is 5.03 Å². The van der Waals surface area contributed by atoms with Crippen molar-refractivity contribution in [1.82, 2.24) is 14.7 Å². The number of amides is 1. The van der Waals surface area contributed by atoms with Crippen LogP contribution in [0.4, 0.5) is 4.39 Å². The molecule has 1 aliphatic carbocycles. The molecule has 2 aromatic heterocycles. The fourth-order valence-corrected chi connectivity index (χ4v) is 5.30. The van der Waals surface area contributed by atoms with E-state index < -0.39 is 21.7 Å². The number of hydrogen-bond donors (Lipinski definition) is 1. The summed E-state index contributed by atoms with van der Waals surface area (Å²) in [6, 6.07) is 11.8. The topological polar surface area (TPSA) is 107 Å². The van der Waals surface area contributed by atoms with E-state index in [1.54, 1.807) is 25.1 Å². The van der Waals surface area contributed by atoms with E-state index in [2.05, 4.69) is 21.6 Å². The quantitative estimate of drug-likeness (QED) is 0.333. The molecule has 0 aliphatic heterocycles. The van der Waals surface area contributed by atoms with Crippen LogP contribution < -0.4 is 14.2 Å². The molecular formula is C29H38FN3O5S. The van der Waals surface area contributed by atoms with Gasteiger partial charge in [0, 0.05) is 20.2 Å². The minimum atomic E-state index is -4.23. The third kappa shape index (κ3) is 7.53. The summed E-state index contributed by atoms with van der Waals surface area (Å²) >= 11 is 0. The highest BCUT2D eigenvalue weighted by molar-refractivity contribution is 7.90. The molecule has 8 nitrogen and oxygen atoms in total. The number of hydrogen-bond acceptors (Lipinski definition) is 7. The summed E-state index contributed by atoms with van der Waals surface area (Å²) in [5.41, 5.74) is 1.27. The minimum Gasteiger partial charge on any atom is -0.493 e. The Labute approximate surface area is 232 Å². The summed E-state index contributed by atoms with van der Waals surface area (Å²) in [5.74, 6) is -0.187. The lowest BCUT2D eigenvalue weighted by molar-refractivity contribution is 0.0960. The van der Waals surface area contributed by atoms with E-state index in [9.17, 15) is 17.6 Å². The predicted molar refractivity (Wildman–Crippen MR) is 150 cm³/mol. The van der Waals surface area contributed by atoms with Crippen molar-refractivity contribution in [2.24, 2.45) is 11.8 Å². The van der Waals surface area contributed by atoms with Crippen molar-refractivity contribution in [3.05, 3.63) is 65.6 Å². The molecule has 0 bridgehead atoms. The van der Waals surface area contributed by atoms with Crippen molar-refractivity contribution in [3.8, 4) is 22.9 Å². The van der Waals surface area contributed by atoms with Crippen LogP contribution in [-0.4, -0.2) is 37.0 Å². The van der Waals surface area contributed by atoms with Crippen LogP contribution in [0.5, 0.6) is 11.6 Å². The number of rotatable bonds is 9. The molecule has 4 rings (SSSR count). The first kappa shape index (κ1) is 28.5. The van der Waals surface area contributed by atoms with Crippen LogP contribution in [0.1, 0.15) is 65.4 Å². The average Bonchev–Trinajstić information content (AvgIpc) is 2.88. The third-order valence-electron chi connectivity index (χ3n) is 6.46. The van der Waals surface area contributed by atoms with Crippen molar-refractivity contribution in [1.29, 1.82) is 0 Å². The van der Waals surface area contributed by atoms with Crippen LogP contribution in [0, 0.1) is 24.6 Å². The van der Waals surface area contributed by atoms with Crippen molar-refractivity contribution in [2.75, 3.05) is 6.61 Å². The van der Waals surface area contributed by atoms with Gasteiger partial charge < -0.3 is 9.47 Å². The summed E-state index contributed by atoms with van der Waals surface area (Å²) in [6.45, 7) is 8.26. The van der Waals surface area contributed by atoms with Gasteiger partial charge in [0.25, 0.3) is 15.9 Å². The second-order valence-corrected chi connectivity index (χ2v) is 12.1. The number of nitrogens with one attached hydrogen (secondary N) is 1. The molecule has 0 spiro atoms. The molecule has 2 heterocycles. The van der Waals surface area contributed by atoms with E-state index in [1.807, 2.05) is 13.8 Å². The Bertz CT molecular complexity index is 1450. The number of halogens is 1. The average molecular weight is 560 g/mol. The second kappa shape index (κ2) is 12.1. The van der Waals surface area contributed by atoms with Crippen molar-refractivity contribution in [3.63, 3.8) is 0 Å². The number of aryl methyl sites for hydroxylation is 1. The number of sulfonamides is 1. The molecule has 212 valence electrons. The molecule has 1 fully saturated rings. The van der Waals surface area contributed by atoms with Crippen molar-refractivity contribution < 1.29 is 29.9 Å². The first-order chi connectivity index (χ1) is 18.5. The highest BCUT2D eigenvalue weighted by Crippen LogP contribution is 2.31. The van der Waals surface area contributed by atoms with Gasteiger partial charge in [0.1, 0.15) is 23.2 Å². The molecule has 0 saturated heterocycles. The molecule has 39 heavy (non-hydrogen) atoms. The number of ether oxygens (including phenoxy) is 2. The van der Waals surface area contributed by atoms with Gasteiger partial charge in [0.05, 0.1) is 12.3 Å². The standard InChI is InChI=1S/C29H34FN3O5S.2H2/c1-18(2)17-37-24-15-21(14-22(30)16-24)26-13-12-25(29(32-26)38-23-10-8-19(3)9-11-23)28(34)33-39(35,36)27-7-5-6-20(4)31-27;;/h5-7,12-16,18-19,23H,8-11,17H2,1-4H3,(H,33,34);2*1H. The van der Waals surface area contributed by atoms with Crippen LogP contribution in [-0.2, 0) is 10.0 Å². The van der Waals surface area contributed by atoms with Gasteiger partial charge >= 0.3 is 0 Å². The summed E-state index contributed by atoms with van der Waals surface area (Å²) in [4.78, 5) is 21.8. The van der Waals surface area contributed by atoms with Gasteiger partial charge in [-0.2, -0.15) is 8.42 Å². The molecule has 1 amide bonds. The number of carbonyl (C=O) groups is 1. The summed E-state index contributed by atoms with van der Waals surface area (Å²) in [7, 11) is -4.23. The largest absolute Gasteiger partial charge is 0.493 e. The minimum absolute atomic E-state index is 0. The first-order valence-electron chi connectivity index (χ1n) is 13.1. The van der Waals surface area contributed by atoms with Crippen molar-refractivity contribution >= 4 is 15.9 Å². The van der Waals surface area contributed by atoms with E-state index in [4.69, 9.17) is 9.47 Å². The smallest absolute Gasteiger partial charge is 0.281 e. The maximum absolute atomic E-state index is 14.5. The Morgan fingerprint density at radius 1 is 1.10 bits per heavy atom. The Morgan fingerprint density at radius 3 is 2.54 bits per heavy atom. The maximum Gasteiger partial charge on any atom is 0.281 e. The number of pyridine rings is 2. The lowest BCUT2D eigenvalue weighted by atomic mass is 9.89. The Kier molecular flexibility index (Phi) is 8.84. The number of aromatic nitrogens is 2. The predicted octanol–water partition coefficient (Wildman–Crippen LogP) is 6.19. The molecule has 10 heteroatoms. The van der Waals surface area contributed by atoms with E-state index in [-0.39, 0.29) is 31.3 Å². The summed E-state index contributed by atoms with van der Waals surface area (Å²) in [5, 5.41) is -0.266. The Morgan fingerprint density at radius 2 is 1.85 bits per heavy atom. The molecule has 1 aromatic carbocycles. The first-order valence-corrected chi connectivity index (χ1v) is 14.6. The van der Waals surface area contributed by atoms with Gasteiger partial charge in [-0.05, 0) is 80.8 Å². The van der Waals surface area contributed by atoms with Crippen LogP contribution in [0.3, 0.4) is 0 Å². The van der Waals surface area contributed by atoms with Gasteiger partial charge in [-0.3, -0.25) is 4.79 Å². The van der Waals surface area contributed by atoms with Crippen LogP contribution in [0.15, 0.2) is 53.6 Å². The molecule has 3 aromatic rings. The Balaban J connectivity index is 0.00000294. The van der Waals surface area contributed by atoms with E-state index in [0.717, 1.165) is 25.7 Å². The fourth-order valence-electron chi connectivity index (χ4n) is 4.32. The van der Waals surface area contributed by atoms with E-state index in [0.29, 0.717) is 35.2 Å². The van der Waals surface area contributed by atoms with Crippen LogP contribution in [0.25, 0.3) is 11.3 Å². The van der Waals surface area contributed by atoms with E-state index >= 15 is 0 Å². The monoisotopic (exact) mass is 559 g/mol. The van der Waals surface area contributed by atoms with Crippen molar-refractivity contribution in [2.45, 2.75) is 64.5 Å². The van der Waals surface area contributed by atoms with E-state index in [1.165, 1.54) is 30.3 Å². The zero-order chi connectivity index (χ0) is 28.2. The SMILES string of the molecule is Cc1cccc(S(=O)(=O)NC(=O)c2ccc(-c3cc(F)cc(OCC(C)C)c3)nc2OC2CCC(C)CC2)n1.[HH].[HH].